The number of ether oxygens (including phenoxy) is 1. The summed E-state index contributed by atoms with van der Waals surface area (Å²) in [6.45, 7) is 2.91. The highest BCUT2D eigenvalue weighted by molar-refractivity contribution is 5.65. The van der Waals surface area contributed by atoms with E-state index in [1.165, 1.54) is 12.1 Å². The standard InChI is InChI=1S/C21H24F3N3O2/c22-21(23,24)17-8-4-5-9-18(17)27-14-12-26(13-15-27)11-10-19(29-20(25)28)16-6-2-1-3-7-16/h1-9,19H,10-15H2,(H2,25,28). The van der Waals surface area contributed by atoms with Crippen LogP contribution in [0.15, 0.2) is 54.6 Å². The lowest BCUT2D eigenvalue weighted by Crippen LogP contribution is -2.47. The Morgan fingerprint density at radius 3 is 2.24 bits per heavy atom. The number of para-hydroxylation sites is 1. The van der Waals surface area contributed by atoms with Gasteiger partial charge in [-0.15, -0.1) is 0 Å². The molecule has 3 rings (SSSR count). The van der Waals surface area contributed by atoms with Crippen LogP contribution in [-0.4, -0.2) is 43.7 Å². The third kappa shape index (κ3) is 5.63. The summed E-state index contributed by atoms with van der Waals surface area (Å²) in [7, 11) is 0. The van der Waals surface area contributed by atoms with E-state index in [9.17, 15) is 18.0 Å². The van der Waals surface area contributed by atoms with E-state index in [0.29, 0.717) is 39.1 Å². The number of alkyl halides is 3. The number of piperazine rings is 1. The van der Waals surface area contributed by atoms with Crippen LogP contribution in [-0.2, 0) is 10.9 Å². The largest absolute Gasteiger partial charge is 0.441 e. The molecule has 0 spiro atoms. The van der Waals surface area contributed by atoms with Gasteiger partial charge in [-0.25, -0.2) is 4.79 Å². The molecule has 1 aliphatic heterocycles. The van der Waals surface area contributed by atoms with E-state index in [1.54, 1.807) is 11.0 Å². The molecule has 0 aliphatic carbocycles. The van der Waals surface area contributed by atoms with Gasteiger partial charge in [0.05, 0.1) is 5.56 Å². The lowest BCUT2D eigenvalue weighted by atomic mass is 10.1. The van der Waals surface area contributed by atoms with Crippen molar-refractivity contribution in [3.05, 3.63) is 65.7 Å². The van der Waals surface area contributed by atoms with Gasteiger partial charge in [0.1, 0.15) is 6.10 Å². The van der Waals surface area contributed by atoms with Crippen molar-refractivity contribution in [1.82, 2.24) is 4.90 Å². The Balaban J connectivity index is 1.58. The number of nitrogens with zero attached hydrogens (tertiary/aromatic N) is 2. The number of hydrogen-bond donors (Lipinski definition) is 1. The minimum atomic E-state index is -4.37. The van der Waals surface area contributed by atoms with Crippen LogP contribution >= 0.6 is 0 Å². The molecule has 0 radical (unpaired) electrons. The fraction of sp³-hybridized carbons (Fsp3) is 0.381. The van der Waals surface area contributed by atoms with Crippen LogP contribution in [0.5, 0.6) is 0 Å². The summed E-state index contributed by atoms with van der Waals surface area (Å²) < 4.78 is 45.0. The van der Waals surface area contributed by atoms with Gasteiger partial charge in [0.25, 0.3) is 0 Å². The first-order valence-corrected chi connectivity index (χ1v) is 9.49. The van der Waals surface area contributed by atoms with Gasteiger partial charge in [0.2, 0.25) is 0 Å². The molecular weight excluding hydrogens is 383 g/mol. The van der Waals surface area contributed by atoms with Crippen molar-refractivity contribution < 1.29 is 22.7 Å². The molecule has 1 aliphatic rings. The van der Waals surface area contributed by atoms with Crippen molar-refractivity contribution in [3.8, 4) is 0 Å². The number of carbonyl (C=O) groups excluding carboxylic acids is 1. The Labute approximate surface area is 167 Å². The minimum Gasteiger partial charge on any atom is -0.441 e. The summed E-state index contributed by atoms with van der Waals surface area (Å²) in [4.78, 5) is 15.2. The second-order valence-electron chi connectivity index (χ2n) is 6.97. The number of benzene rings is 2. The predicted octanol–water partition coefficient (Wildman–Crippen LogP) is 4.05. The number of hydrogen-bond acceptors (Lipinski definition) is 4. The first-order valence-electron chi connectivity index (χ1n) is 9.49. The van der Waals surface area contributed by atoms with Crippen LogP contribution < -0.4 is 10.6 Å². The molecule has 8 heteroatoms. The molecule has 1 fully saturated rings. The Kier molecular flexibility index (Phi) is 6.64. The van der Waals surface area contributed by atoms with Crippen LogP contribution in [0, 0.1) is 0 Å². The maximum absolute atomic E-state index is 13.3. The van der Waals surface area contributed by atoms with Gasteiger partial charge in [-0.05, 0) is 17.7 Å². The molecule has 1 amide bonds. The van der Waals surface area contributed by atoms with Crippen molar-refractivity contribution in [2.75, 3.05) is 37.6 Å². The third-order valence-electron chi connectivity index (χ3n) is 5.06. The first-order chi connectivity index (χ1) is 13.8. The Morgan fingerprint density at radius 1 is 1.00 bits per heavy atom. The van der Waals surface area contributed by atoms with Crippen molar-refractivity contribution in [3.63, 3.8) is 0 Å². The van der Waals surface area contributed by atoms with E-state index in [1.807, 2.05) is 30.3 Å². The van der Waals surface area contributed by atoms with E-state index in [4.69, 9.17) is 10.5 Å². The minimum absolute atomic E-state index is 0.221. The van der Waals surface area contributed by atoms with Gasteiger partial charge in [-0.1, -0.05) is 42.5 Å². The molecule has 2 aromatic rings. The fourth-order valence-corrected chi connectivity index (χ4v) is 3.60. The molecular formula is C21H24F3N3O2. The maximum atomic E-state index is 13.3. The molecule has 29 heavy (non-hydrogen) atoms. The molecule has 1 saturated heterocycles. The summed E-state index contributed by atoms with van der Waals surface area (Å²) in [5.41, 5.74) is 5.68. The van der Waals surface area contributed by atoms with Crippen LogP contribution in [0.3, 0.4) is 0 Å². The summed E-state index contributed by atoms with van der Waals surface area (Å²) in [6.07, 6.45) is -5.08. The van der Waals surface area contributed by atoms with Gasteiger partial charge in [0, 0.05) is 44.8 Å². The highest BCUT2D eigenvalue weighted by Gasteiger charge is 2.35. The Hall–Kier alpha value is -2.74. The van der Waals surface area contributed by atoms with Gasteiger partial charge in [0.15, 0.2) is 0 Å². The van der Waals surface area contributed by atoms with Gasteiger partial charge >= 0.3 is 12.3 Å². The zero-order chi connectivity index (χ0) is 20.9. The number of amides is 1. The van der Waals surface area contributed by atoms with Crippen molar-refractivity contribution in [1.29, 1.82) is 0 Å². The number of nitrogens with two attached hydrogens (primary N) is 1. The average Bonchev–Trinajstić information content (AvgIpc) is 2.71. The highest BCUT2D eigenvalue weighted by atomic mass is 19.4. The van der Waals surface area contributed by atoms with E-state index >= 15 is 0 Å². The Morgan fingerprint density at radius 2 is 1.62 bits per heavy atom. The van der Waals surface area contributed by atoms with E-state index < -0.39 is 23.9 Å². The van der Waals surface area contributed by atoms with Gasteiger partial charge < -0.3 is 15.4 Å². The fourth-order valence-electron chi connectivity index (χ4n) is 3.60. The van der Waals surface area contributed by atoms with E-state index in [-0.39, 0.29) is 5.69 Å². The molecule has 2 aromatic carbocycles. The number of primary amides is 1. The molecule has 156 valence electrons. The predicted molar refractivity (Wildman–Crippen MR) is 105 cm³/mol. The van der Waals surface area contributed by atoms with Crippen LogP contribution in [0.25, 0.3) is 0 Å². The second kappa shape index (κ2) is 9.17. The molecule has 1 unspecified atom stereocenters. The Bertz CT molecular complexity index is 806. The number of halogens is 3. The summed E-state index contributed by atoms with van der Waals surface area (Å²) in [5, 5.41) is 0. The van der Waals surface area contributed by atoms with Crippen molar-refractivity contribution >= 4 is 11.8 Å². The molecule has 0 aromatic heterocycles. The third-order valence-corrected chi connectivity index (χ3v) is 5.06. The normalized spacial score (nSPS) is 16.4. The smallest absolute Gasteiger partial charge is 0.418 e. The van der Waals surface area contributed by atoms with E-state index in [2.05, 4.69) is 4.90 Å². The molecule has 5 nitrogen and oxygen atoms in total. The van der Waals surface area contributed by atoms with Crippen LogP contribution in [0.2, 0.25) is 0 Å². The first kappa shape index (κ1) is 21.0. The van der Waals surface area contributed by atoms with Crippen molar-refractivity contribution in [2.45, 2.75) is 18.7 Å². The molecule has 0 saturated carbocycles. The number of carbonyl (C=O) groups is 1. The molecule has 2 N–H and O–H groups in total. The van der Waals surface area contributed by atoms with Crippen LogP contribution in [0.4, 0.5) is 23.7 Å². The average molecular weight is 407 g/mol. The second-order valence-corrected chi connectivity index (χ2v) is 6.97. The molecule has 1 atom stereocenters. The lowest BCUT2D eigenvalue weighted by Gasteiger charge is -2.37. The summed E-state index contributed by atoms with van der Waals surface area (Å²) in [5.74, 6) is 0. The highest BCUT2D eigenvalue weighted by Crippen LogP contribution is 2.36. The van der Waals surface area contributed by atoms with Crippen molar-refractivity contribution in [2.24, 2.45) is 5.73 Å². The molecule has 1 heterocycles. The summed E-state index contributed by atoms with van der Waals surface area (Å²) in [6, 6.07) is 15.0. The topological polar surface area (TPSA) is 58.8 Å². The maximum Gasteiger partial charge on any atom is 0.418 e. The quantitative estimate of drug-likeness (QED) is 0.785. The zero-order valence-corrected chi connectivity index (χ0v) is 15.9. The summed E-state index contributed by atoms with van der Waals surface area (Å²) >= 11 is 0. The van der Waals surface area contributed by atoms with Gasteiger partial charge in [-0.3, -0.25) is 4.90 Å². The molecule has 0 bridgehead atoms. The SMILES string of the molecule is NC(=O)OC(CCN1CCN(c2ccccc2C(F)(F)F)CC1)c1ccccc1. The van der Waals surface area contributed by atoms with Crippen LogP contribution in [0.1, 0.15) is 23.7 Å². The lowest BCUT2D eigenvalue weighted by molar-refractivity contribution is -0.137. The zero-order valence-electron chi connectivity index (χ0n) is 15.9. The van der Waals surface area contributed by atoms with Gasteiger partial charge in [-0.2, -0.15) is 13.2 Å². The number of rotatable bonds is 6. The van der Waals surface area contributed by atoms with E-state index in [0.717, 1.165) is 11.6 Å². The monoisotopic (exact) mass is 407 g/mol. The number of anilines is 1.